The number of benzene rings is 2. The second-order valence-electron chi connectivity index (χ2n) is 11.4. The minimum absolute atomic E-state index is 0.0160. The van der Waals surface area contributed by atoms with Gasteiger partial charge < -0.3 is 15.8 Å². The Kier molecular flexibility index (Phi) is 8.62. The van der Waals surface area contributed by atoms with Crippen LogP contribution in [0.1, 0.15) is 56.2 Å². The number of nitrogens with one attached hydrogen (secondary N) is 1. The van der Waals surface area contributed by atoms with Gasteiger partial charge in [0.1, 0.15) is 11.6 Å². The van der Waals surface area contributed by atoms with Crippen molar-refractivity contribution in [2.24, 2.45) is 11.1 Å². The van der Waals surface area contributed by atoms with Gasteiger partial charge in [0.2, 0.25) is 11.0 Å². The molecule has 1 aromatic heterocycles. The summed E-state index contributed by atoms with van der Waals surface area (Å²) in [5, 5.41) is 22.5. The number of nitriles is 1. The van der Waals surface area contributed by atoms with Gasteiger partial charge >= 0.3 is 0 Å². The van der Waals surface area contributed by atoms with E-state index >= 15 is 0 Å². The largest absolute Gasteiger partial charge is 0.494 e. The Hall–Kier alpha value is -4.14. The number of hydrogen-bond donors (Lipinski definition) is 2. The molecule has 11 heteroatoms. The van der Waals surface area contributed by atoms with E-state index in [1.54, 1.807) is 4.90 Å². The van der Waals surface area contributed by atoms with Crippen LogP contribution in [-0.4, -0.2) is 34.2 Å². The topological polar surface area (TPSA) is 134 Å². The fourth-order valence-electron chi connectivity index (χ4n) is 5.65. The van der Waals surface area contributed by atoms with Crippen molar-refractivity contribution in [3.63, 3.8) is 0 Å². The minimum atomic E-state index is -0.592. The first-order chi connectivity index (χ1) is 20.5. The van der Waals surface area contributed by atoms with E-state index in [2.05, 4.69) is 35.4 Å². The molecule has 222 valence electrons. The summed E-state index contributed by atoms with van der Waals surface area (Å²) in [5.41, 5.74) is 11.6. The number of nitrogens with two attached hydrogens (primary N) is 1. The second-order valence-corrected chi connectivity index (χ2v) is 13.6. The molecule has 1 aliphatic carbocycles. The monoisotopic (exact) mass is 614 g/mol. The summed E-state index contributed by atoms with van der Waals surface area (Å²) in [5.74, 6) is 0.336. The Labute approximate surface area is 259 Å². The number of allylic oxidation sites excluding steroid dienone is 3. The Morgan fingerprint density at radius 1 is 1.19 bits per heavy atom. The SMILES string of the molecule is CCOc1ccc(C2C(C#N)=C(N)N(c3nnc(SCC(=O)Nc4c(C)cccc4C)s3)C3=C2C(=O)CC(C)(C)C3)cc1. The van der Waals surface area contributed by atoms with Crippen molar-refractivity contribution < 1.29 is 14.3 Å². The molecule has 2 heterocycles. The third-order valence-electron chi connectivity index (χ3n) is 7.56. The number of ether oxygens (including phenoxy) is 1. The van der Waals surface area contributed by atoms with Gasteiger partial charge in [0.05, 0.1) is 29.9 Å². The van der Waals surface area contributed by atoms with Gasteiger partial charge in [-0.2, -0.15) is 5.26 Å². The van der Waals surface area contributed by atoms with Crippen molar-refractivity contribution in [1.82, 2.24) is 10.2 Å². The van der Waals surface area contributed by atoms with E-state index in [4.69, 9.17) is 10.5 Å². The Morgan fingerprint density at radius 3 is 2.53 bits per heavy atom. The molecule has 0 spiro atoms. The van der Waals surface area contributed by atoms with Crippen molar-refractivity contribution in [2.75, 3.05) is 22.6 Å². The van der Waals surface area contributed by atoms with Gasteiger partial charge in [0.15, 0.2) is 10.1 Å². The minimum Gasteiger partial charge on any atom is -0.494 e. The zero-order valence-corrected chi connectivity index (χ0v) is 26.5. The van der Waals surface area contributed by atoms with E-state index in [1.807, 2.05) is 63.2 Å². The van der Waals surface area contributed by atoms with E-state index < -0.39 is 5.92 Å². The maximum Gasteiger partial charge on any atom is 0.234 e. The van der Waals surface area contributed by atoms with Crippen LogP contribution in [-0.2, 0) is 9.59 Å². The van der Waals surface area contributed by atoms with Crippen LogP contribution in [0, 0.1) is 30.6 Å². The van der Waals surface area contributed by atoms with Crippen LogP contribution in [0.4, 0.5) is 10.8 Å². The third-order valence-corrected chi connectivity index (χ3v) is 9.61. The number of hydrogen-bond acceptors (Lipinski definition) is 10. The third kappa shape index (κ3) is 6.17. The van der Waals surface area contributed by atoms with Gasteiger partial charge in [-0.05, 0) is 61.4 Å². The number of rotatable bonds is 8. The first-order valence-electron chi connectivity index (χ1n) is 14.0. The van der Waals surface area contributed by atoms with Crippen molar-refractivity contribution in [2.45, 2.75) is 57.7 Å². The number of ketones is 1. The second kappa shape index (κ2) is 12.2. The van der Waals surface area contributed by atoms with Crippen molar-refractivity contribution in [3.05, 3.63) is 81.8 Å². The lowest BCUT2D eigenvalue weighted by Gasteiger charge is -2.42. The molecule has 1 atom stereocenters. The maximum atomic E-state index is 13.8. The molecule has 43 heavy (non-hydrogen) atoms. The number of carbonyl (C=O) groups is 2. The first kappa shape index (κ1) is 30.3. The van der Waals surface area contributed by atoms with Gasteiger partial charge in [-0.15, -0.1) is 10.2 Å². The molecule has 0 fully saturated rings. The predicted octanol–water partition coefficient (Wildman–Crippen LogP) is 6.23. The van der Waals surface area contributed by atoms with E-state index in [0.717, 1.165) is 28.1 Å². The first-order valence-corrected chi connectivity index (χ1v) is 15.8. The lowest BCUT2D eigenvalue weighted by Crippen LogP contribution is -2.42. The van der Waals surface area contributed by atoms with Gasteiger partial charge in [0, 0.05) is 23.4 Å². The Balaban J connectivity index is 1.46. The maximum absolute atomic E-state index is 13.8. The number of amides is 1. The summed E-state index contributed by atoms with van der Waals surface area (Å²) < 4.78 is 6.18. The van der Waals surface area contributed by atoms with Crippen molar-refractivity contribution in [3.8, 4) is 11.8 Å². The summed E-state index contributed by atoms with van der Waals surface area (Å²) >= 11 is 2.55. The highest BCUT2D eigenvalue weighted by Crippen LogP contribution is 2.50. The van der Waals surface area contributed by atoms with Crippen LogP contribution in [0.2, 0.25) is 0 Å². The number of para-hydroxylation sites is 1. The summed E-state index contributed by atoms with van der Waals surface area (Å²) in [6.07, 6.45) is 0.930. The summed E-state index contributed by atoms with van der Waals surface area (Å²) in [6.45, 7) is 10.5. The molecular weight excluding hydrogens is 581 g/mol. The highest BCUT2D eigenvalue weighted by molar-refractivity contribution is 8.01. The Morgan fingerprint density at radius 2 is 1.88 bits per heavy atom. The molecule has 1 unspecified atom stereocenters. The smallest absolute Gasteiger partial charge is 0.234 e. The highest BCUT2D eigenvalue weighted by atomic mass is 32.2. The van der Waals surface area contributed by atoms with E-state index in [1.165, 1.54) is 23.1 Å². The summed E-state index contributed by atoms with van der Waals surface area (Å²) in [6, 6.07) is 15.6. The average Bonchev–Trinajstić information content (AvgIpc) is 3.42. The van der Waals surface area contributed by atoms with E-state index in [-0.39, 0.29) is 34.3 Å². The molecule has 0 radical (unpaired) electrons. The standard InChI is InChI=1S/C32H34N6O3S2/c1-6-41-21-12-10-20(11-13-21)26-22(16-33)29(34)38(23-14-32(4,5)15-24(39)27(23)26)30-36-37-31(43-30)42-17-25(40)35-28-18(2)8-7-9-19(28)3/h7-13,26H,6,14-15,17,34H2,1-5H3,(H,35,40). The van der Waals surface area contributed by atoms with Crippen LogP contribution in [0.3, 0.4) is 0 Å². The molecule has 1 amide bonds. The number of anilines is 2. The van der Waals surface area contributed by atoms with E-state index in [9.17, 15) is 14.9 Å². The number of nitrogens with zero attached hydrogens (tertiary/aromatic N) is 4. The highest BCUT2D eigenvalue weighted by Gasteiger charge is 2.45. The molecular formula is C32H34N6O3S2. The quantitative estimate of drug-likeness (QED) is 0.283. The molecule has 2 aromatic carbocycles. The van der Waals surface area contributed by atoms with Gasteiger partial charge in [0.25, 0.3) is 0 Å². The van der Waals surface area contributed by atoms with Crippen molar-refractivity contribution >= 4 is 45.6 Å². The number of aryl methyl sites for hydroxylation is 2. The molecule has 3 N–H and O–H groups in total. The predicted molar refractivity (Wildman–Crippen MR) is 170 cm³/mol. The van der Waals surface area contributed by atoms with Crippen LogP contribution in [0.5, 0.6) is 5.75 Å². The lowest BCUT2D eigenvalue weighted by molar-refractivity contribution is -0.118. The molecule has 1 aliphatic heterocycles. The van der Waals surface area contributed by atoms with Gasteiger partial charge in [-0.1, -0.05) is 67.3 Å². The van der Waals surface area contributed by atoms with Crippen LogP contribution in [0.15, 0.2) is 69.5 Å². The number of carbonyl (C=O) groups excluding carboxylic acids is 2. The van der Waals surface area contributed by atoms with Gasteiger partial charge in [-0.25, -0.2) is 0 Å². The fraction of sp³-hybridized carbons (Fsp3) is 0.344. The molecule has 0 bridgehead atoms. The number of Topliss-reactive ketones (excluding diaryl/α,β-unsaturated/α-hetero) is 1. The molecule has 0 saturated carbocycles. The summed E-state index contributed by atoms with van der Waals surface area (Å²) in [7, 11) is 0. The summed E-state index contributed by atoms with van der Waals surface area (Å²) in [4.78, 5) is 28.2. The zero-order chi connectivity index (χ0) is 30.9. The van der Waals surface area contributed by atoms with E-state index in [0.29, 0.717) is 40.2 Å². The molecule has 0 saturated heterocycles. The molecule has 5 rings (SSSR count). The van der Waals surface area contributed by atoms with Gasteiger partial charge in [-0.3, -0.25) is 14.5 Å². The zero-order valence-electron chi connectivity index (χ0n) is 24.9. The fourth-order valence-corrected chi connectivity index (χ4v) is 7.33. The normalized spacial score (nSPS) is 17.9. The molecule has 2 aliphatic rings. The average molecular weight is 615 g/mol. The van der Waals surface area contributed by atoms with Crippen LogP contribution >= 0.6 is 23.1 Å². The van der Waals surface area contributed by atoms with Crippen molar-refractivity contribution in [1.29, 1.82) is 5.26 Å². The van der Waals surface area contributed by atoms with Crippen LogP contribution in [0.25, 0.3) is 0 Å². The number of aromatic nitrogens is 2. The Bertz CT molecular complexity index is 1660. The number of thioether (sulfide) groups is 1. The molecule has 9 nitrogen and oxygen atoms in total. The molecule has 3 aromatic rings. The van der Waals surface area contributed by atoms with Crippen LogP contribution < -0.4 is 20.7 Å². The lowest BCUT2D eigenvalue weighted by atomic mass is 9.68.